The first-order valence-electron chi connectivity index (χ1n) is 4.75. The topological polar surface area (TPSA) is 55.6 Å². The maximum Gasteiger partial charge on any atom is 0.409 e. The molecule has 0 saturated heterocycles. The van der Waals surface area contributed by atoms with Crippen LogP contribution in [0.15, 0.2) is 0 Å². The Kier molecular flexibility index (Phi) is 6.32. The molecule has 0 aliphatic heterocycles. The van der Waals surface area contributed by atoms with E-state index in [9.17, 15) is 4.79 Å². The maximum atomic E-state index is 11.3. The quantitative estimate of drug-likeness (QED) is 0.705. The Bertz CT molecular complexity index is 147. The zero-order valence-corrected chi connectivity index (χ0v) is 8.75. The molecule has 1 amide bonds. The van der Waals surface area contributed by atoms with E-state index in [4.69, 9.17) is 5.73 Å². The van der Waals surface area contributed by atoms with Crippen LogP contribution in [-0.4, -0.2) is 37.2 Å². The molecule has 0 unspecified atom stereocenters. The summed E-state index contributed by atoms with van der Waals surface area (Å²) in [6.07, 6.45) is 1.59. The molecule has 13 heavy (non-hydrogen) atoms. The van der Waals surface area contributed by atoms with E-state index < -0.39 is 0 Å². The predicted molar refractivity (Wildman–Crippen MR) is 52.5 cm³/mol. The van der Waals surface area contributed by atoms with Crippen LogP contribution in [0, 0.1) is 0 Å². The van der Waals surface area contributed by atoms with Gasteiger partial charge in [-0.1, -0.05) is 13.8 Å². The van der Waals surface area contributed by atoms with Crippen molar-refractivity contribution in [3.05, 3.63) is 0 Å². The number of carbonyl (C=O) groups excluding carboxylic acids is 1. The molecule has 0 rings (SSSR count). The molecule has 4 nitrogen and oxygen atoms in total. The molecule has 0 aromatic rings. The van der Waals surface area contributed by atoms with Gasteiger partial charge in [0.25, 0.3) is 0 Å². The molecule has 0 fully saturated rings. The molecule has 0 saturated carbocycles. The third-order valence-corrected chi connectivity index (χ3v) is 2.16. The molecule has 4 heteroatoms. The summed E-state index contributed by atoms with van der Waals surface area (Å²) < 4.78 is 4.68. The number of hydrogen-bond acceptors (Lipinski definition) is 3. The van der Waals surface area contributed by atoms with E-state index in [0.29, 0.717) is 13.1 Å². The monoisotopic (exact) mass is 188 g/mol. The van der Waals surface area contributed by atoms with E-state index in [0.717, 1.165) is 12.8 Å². The van der Waals surface area contributed by atoms with Gasteiger partial charge in [-0.05, 0) is 12.8 Å². The van der Waals surface area contributed by atoms with E-state index in [1.54, 1.807) is 4.90 Å². The van der Waals surface area contributed by atoms with Crippen LogP contribution in [0.3, 0.4) is 0 Å². The van der Waals surface area contributed by atoms with Gasteiger partial charge in [0.05, 0.1) is 7.11 Å². The fraction of sp³-hybridized carbons (Fsp3) is 0.889. The van der Waals surface area contributed by atoms with Crippen molar-refractivity contribution in [3.63, 3.8) is 0 Å². The average molecular weight is 188 g/mol. The van der Waals surface area contributed by atoms with Gasteiger partial charge in [-0.3, -0.25) is 0 Å². The summed E-state index contributed by atoms with van der Waals surface area (Å²) in [6.45, 7) is 5.16. The van der Waals surface area contributed by atoms with Crippen LogP contribution in [-0.2, 0) is 4.74 Å². The highest BCUT2D eigenvalue weighted by molar-refractivity contribution is 5.67. The summed E-state index contributed by atoms with van der Waals surface area (Å²) in [5.74, 6) is 0. The van der Waals surface area contributed by atoms with Gasteiger partial charge in [0.1, 0.15) is 0 Å². The van der Waals surface area contributed by atoms with E-state index >= 15 is 0 Å². The van der Waals surface area contributed by atoms with Crippen LogP contribution in [0.4, 0.5) is 4.79 Å². The third-order valence-electron chi connectivity index (χ3n) is 2.16. The molecule has 0 radical (unpaired) electrons. The Morgan fingerprint density at radius 2 is 2.00 bits per heavy atom. The number of nitrogens with two attached hydrogens (primary N) is 1. The number of rotatable bonds is 5. The van der Waals surface area contributed by atoms with Crippen molar-refractivity contribution in [2.24, 2.45) is 5.73 Å². The Morgan fingerprint density at radius 3 is 2.31 bits per heavy atom. The number of carbonyl (C=O) groups is 1. The van der Waals surface area contributed by atoms with Crippen LogP contribution in [0.5, 0.6) is 0 Å². The molecule has 0 aromatic carbocycles. The smallest absolute Gasteiger partial charge is 0.409 e. The lowest BCUT2D eigenvalue weighted by atomic mass is 10.1. The molecule has 2 N–H and O–H groups in total. The number of ether oxygens (including phenoxy) is 1. The highest BCUT2D eigenvalue weighted by Crippen LogP contribution is 2.08. The second-order valence-corrected chi connectivity index (χ2v) is 2.92. The van der Waals surface area contributed by atoms with Crippen LogP contribution in [0.1, 0.15) is 26.7 Å². The van der Waals surface area contributed by atoms with E-state index in [1.807, 2.05) is 0 Å². The summed E-state index contributed by atoms with van der Waals surface area (Å²) in [7, 11) is 1.40. The molecule has 0 aliphatic rings. The molecule has 0 aliphatic carbocycles. The fourth-order valence-corrected chi connectivity index (χ4v) is 1.41. The average Bonchev–Trinajstić information content (AvgIpc) is 2.17. The Balaban J connectivity index is 4.28. The Morgan fingerprint density at radius 1 is 1.46 bits per heavy atom. The van der Waals surface area contributed by atoms with Crippen molar-refractivity contribution in [3.8, 4) is 0 Å². The van der Waals surface area contributed by atoms with Crippen LogP contribution in [0.2, 0.25) is 0 Å². The Hall–Kier alpha value is -0.770. The van der Waals surface area contributed by atoms with E-state index in [-0.39, 0.29) is 12.1 Å². The lowest BCUT2D eigenvalue weighted by molar-refractivity contribution is 0.104. The summed E-state index contributed by atoms with van der Waals surface area (Å²) in [5.41, 5.74) is 5.42. The molecular formula is C9H20N2O2. The first-order chi connectivity index (χ1) is 6.21. The summed E-state index contributed by atoms with van der Waals surface area (Å²) in [6, 6.07) is 0.246. The molecular weight excluding hydrogens is 168 g/mol. The minimum atomic E-state index is -0.279. The summed E-state index contributed by atoms with van der Waals surface area (Å²) in [5, 5.41) is 0. The van der Waals surface area contributed by atoms with Gasteiger partial charge in [-0.2, -0.15) is 0 Å². The van der Waals surface area contributed by atoms with Crippen molar-refractivity contribution >= 4 is 6.09 Å². The van der Waals surface area contributed by atoms with Gasteiger partial charge in [-0.25, -0.2) is 4.79 Å². The van der Waals surface area contributed by atoms with Crippen molar-refractivity contribution in [2.75, 3.05) is 20.2 Å². The highest BCUT2D eigenvalue weighted by Gasteiger charge is 2.20. The number of nitrogens with zero attached hydrogens (tertiary/aromatic N) is 1. The summed E-state index contributed by atoms with van der Waals surface area (Å²) in [4.78, 5) is 13.0. The largest absolute Gasteiger partial charge is 0.453 e. The predicted octanol–water partition coefficient (Wildman–Crippen LogP) is 1.20. The van der Waals surface area contributed by atoms with Gasteiger partial charge in [0, 0.05) is 19.1 Å². The first kappa shape index (κ1) is 12.2. The molecule has 0 spiro atoms. The number of amides is 1. The van der Waals surface area contributed by atoms with Gasteiger partial charge in [0.15, 0.2) is 0 Å². The molecule has 0 heterocycles. The van der Waals surface area contributed by atoms with Crippen molar-refractivity contribution in [2.45, 2.75) is 32.7 Å². The second kappa shape index (κ2) is 6.71. The molecule has 0 bridgehead atoms. The summed E-state index contributed by atoms with van der Waals surface area (Å²) >= 11 is 0. The minimum Gasteiger partial charge on any atom is -0.453 e. The van der Waals surface area contributed by atoms with Gasteiger partial charge < -0.3 is 15.4 Å². The zero-order valence-electron chi connectivity index (χ0n) is 8.75. The first-order valence-corrected chi connectivity index (χ1v) is 4.75. The third kappa shape index (κ3) is 3.63. The van der Waals surface area contributed by atoms with Crippen molar-refractivity contribution in [1.29, 1.82) is 0 Å². The molecule has 78 valence electrons. The van der Waals surface area contributed by atoms with Gasteiger partial charge >= 0.3 is 6.09 Å². The minimum absolute atomic E-state index is 0.246. The molecule has 0 aromatic heterocycles. The van der Waals surface area contributed by atoms with Crippen LogP contribution >= 0.6 is 0 Å². The van der Waals surface area contributed by atoms with Crippen molar-refractivity contribution < 1.29 is 9.53 Å². The molecule has 0 atom stereocenters. The lowest BCUT2D eigenvalue weighted by Gasteiger charge is -2.28. The number of hydrogen-bond donors (Lipinski definition) is 1. The van der Waals surface area contributed by atoms with E-state index in [2.05, 4.69) is 18.6 Å². The Labute approximate surface area is 80.0 Å². The van der Waals surface area contributed by atoms with Gasteiger partial charge in [0.2, 0.25) is 0 Å². The van der Waals surface area contributed by atoms with Crippen LogP contribution in [0.25, 0.3) is 0 Å². The lowest BCUT2D eigenvalue weighted by Crippen LogP contribution is -2.42. The van der Waals surface area contributed by atoms with Crippen molar-refractivity contribution in [1.82, 2.24) is 4.90 Å². The SMILES string of the molecule is CCC(CC)N(CCN)C(=O)OC. The number of methoxy groups -OCH3 is 1. The standard InChI is InChI=1S/C9H20N2O2/c1-4-8(5-2)11(7-6-10)9(12)13-3/h8H,4-7,10H2,1-3H3. The second-order valence-electron chi connectivity index (χ2n) is 2.92. The van der Waals surface area contributed by atoms with E-state index in [1.165, 1.54) is 7.11 Å². The van der Waals surface area contributed by atoms with Gasteiger partial charge in [-0.15, -0.1) is 0 Å². The maximum absolute atomic E-state index is 11.3. The fourth-order valence-electron chi connectivity index (χ4n) is 1.41. The highest BCUT2D eigenvalue weighted by atomic mass is 16.5. The normalized spacial score (nSPS) is 10.2. The van der Waals surface area contributed by atoms with Crippen LogP contribution < -0.4 is 5.73 Å². The zero-order chi connectivity index (χ0) is 10.3.